The number of fused-ring (bicyclic) bond motifs is 3. The highest BCUT2D eigenvalue weighted by atomic mass is 32.2. The Morgan fingerprint density at radius 3 is 2.59 bits per heavy atom. The van der Waals surface area contributed by atoms with Gasteiger partial charge in [-0.1, -0.05) is 42.1 Å². The summed E-state index contributed by atoms with van der Waals surface area (Å²) in [4.78, 5) is 41.6. The summed E-state index contributed by atoms with van der Waals surface area (Å²) in [5.41, 5.74) is 1.62. The number of carbonyl (C=O) groups is 2. The van der Waals surface area contributed by atoms with Crippen LogP contribution >= 0.6 is 11.8 Å². The SMILES string of the molecule is CCN1C(=O)c2ccccc2Sc2cc(NC(=O)c3cc4ccccc4oc3=O)ccc21. The van der Waals surface area contributed by atoms with E-state index < -0.39 is 11.5 Å². The zero-order valence-electron chi connectivity index (χ0n) is 17.1. The number of nitrogens with one attached hydrogen (secondary N) is 1. The maximum Gasteiger partial charge on any atom is 0.349 e. The number of amides is 2. The lowest BCUT2D eigenvalue weighted by molar-refractivity contribution is 0.0983. The molecule has 0 radical (unpaired) electrons. The van der Waals surface area contributed by atoms with Gasteiger partial charge in [0.25, 0.3) is 11.8 Å². The van der Waals surface area contributed by atoms with E-state index in [0.717, 1.165) is 15.5 Å². The van der Waals surface area contributed by atoms with E-state index in [1.54, 1.807) is 29.2 Å². The maximum absolute atomic E-state index is 13.0. The van der Waals surface area contributed by atoms with Gasteiger partial charge in [-0.15, -0.1) is 0 Å². The summed E-state index contributed by atoms with van der Waals surface area (Å²) >= 11 is 1.47. The Labute approximate surface area is 187 Å². The minimum absolute atomic E-state index is 0.0556. The normalized spacial score (nSPS) is 12.8. The van der Waals surface area contributed by atoms with Crippen LogP contribution in [0.2, 0.25) is 0 Å². The average Bonchev–Trinajstić information content (AvgIpc) is 2.91. The van der Waals surface area contributed by atoms with E-state index in [4.69, 9.17) is 4.42 Å². The van der Waals surface area contributed by atoms with Crippen LogP contribution in [0, 0.1) is 0 Å². The molecular formula is C25H18N2O4S. The molecule has 4 aromatic rings. The van der Waals surface area contributed by atoms with Gasteiger partial charge >= 0.3 is 5.63 Å². The third kappa shape index (κ3) is 3.46. The van der Waals surface area contributed by atoms with Crippen molar-refractivity contribution in [1.29, 1.82) is 0 Å². The standard InChI is InChI=1S/C25H18N2O4S/c1-2-27-19-12-11-16(14-22(19)32-21-10-6-4-8-17(21)24(27)29)26-23(28)18-13-15-7-3-5-9-20(15)31-25(18)30/h3-14H,2H2,1H3,(H,26,28). The smallest absolute Gasteiger partial charge is 0.349 e. The van der Waals surface area contributed by atoms with Crippen LogP contribution in [0.25, 0.3) is 11.0 Å². The van der Waals surface area contributed by atoms with Gasteiger partial charge in [0.2, 0.25) is 0 Å². The number of rotatable bonds is 3. The monoisotopic (exact) mass is 442 g/mol. The quantitative estimate of drug-likeness (QED) is 0.443. The van der Waals surface area contributed by atoms with Gasteiger partial charge < -0.3 is 14.6 Å². The van der Waals surface area contributed by atoms with Gasteiger partial charge in [-0.05, 0) is 49.4 Å². The highest BCUT2D eigenvalue weighted by Crippen LogP contribution is 2.42. The van der Waals surface area contributed by atoms with Crippen LogP contribution in [-0.4, -0.2) is 18.4 Å². The molecule has 7 heteroatoms. The van der Waals surface area contributed by atoms with Crippen LogP contribution < -0.4 is 15.8 Å². The molecule has 0 bridgehead atoms. The molecule has 6 nitrogen and oxygen atoms in total. The van der Waals surface area contributed by atoms with Gasteiger partial charge in [0.1, 0.15) is 11.1 Å². The summed E-state index contributed by atoms with van der Waals surface area (Å²) in [5, 5.41) is 3.46. The second-order valence-corrected chi connectivity index (χ2v) is 8.35. The molecule has 0 spiro atoms. The zero-order chi connectivity index (χ0) is 22.2. The molecule has 0 atom stereocenters. The van der Waals surface area contributed by atoms with Crippen LogP contribution in [0.4, 0.5) is 11.4 Å². The van der Waals surface area contributed by atoms with Gasteiger partial charge in [0.05, 0.1) is 11.3 Å². The molecule has 1 aliphatic rings. The van der Waals surface area contributed by atoms with Crippen molar-refractivity contribution in [3.63, 3.8) is 0 Å². The first-order valence-corrected chi connectivity index (χ1v) is 10.9. The van der Waals surface area contributed by atoms with E-state index in [1.807, 2.05) is 49.4 Å². The van der Waals surface area contributed by atoms with E-state index in [0.29, 0.717) is 28.8 Å². The molecule has 1 N–H and O–H groups in total. The largest absolute Gasteiger partial charge is 0.422 e. The fourth-order valence-corrected chi connectivity index (χ4v) is 4.85. The Morgan fingerprint density at radius 2 is 1.75 bits per heavy atom. The van der Waals surface area contributed by atoms with Crippen LogP contribution in [0.15, 0.2) is 91.8 Å². The van der Waals surface area contributed by atoms with Crippen molar-refractivity contribution in [2.24, 2.45) is 0 Å². The van der Waals surface area contributed by atoms with Crippen molar-refractivity contribution in [1.82, 2.24) is 0 Å². The summed E-state index contributed by atoms with van der Waals surface area (Å²) < 4.78 is 5.27. The Hall–Kier alpha value is -3.84. The average molecular weight is 442 g/mol. The molecule has 158 valence electrons. The molecule has 0 aliphatic carbocycles. The number of nitrogens with zero attached hydrogens (tertiary/aromatic N) is 1. The highest BCUT2D eigenvalue weighted by molar-refractivity contribution is 7.99. The van der Waals surface area contributed by atoms with Crippen molar-refractivity contribution in [2.75, 3.05) is 16.8 Å². The maximum atomic E-state index is 13.0. The number of para-hydroxylation sites is 1. The predicted octanol–water partition coefficient (Wildman–Crippen LogP) is 5.18. The lowest BCUT2D eigenvalue weighted by Crippen LogP contribution is -2.30. The van der Waals surface area contributed by atoms with Crippen LogP contribution in [0.1, 0.15) is 27.6 Å². The number of carbonyl (C=O) groups excluding carboxylic acids is 2. The molecule has 1 aromatic heterocycles. The molecule has 0 unspecified atom stereocenters. The summed E-state index contributed by atoms with van der Waals surface area (Å²) in [6.45, 7) is 2.44. The fourth-order valence-electron chi connectivity index (χ4n) is 3.73. The first-order chi connectivity index (χ1) is 15.5. The van der Waals surface area contributed by atoms with Crippen LogP contribution in [0.3, 0.4) is 0 Å². The van der Waals surface area contributed by atoms with E-state index in [-0.39, 0.29) is 11.5 Å². The molecule has 32 heavy (non-hydrogen) atoms. The minimum atomic E-state index is -0.693. The first-order valence-electron chi connectivity index (χ1n) is 10.1. The Bertz CT molecular complexity index is 1440. The Balaban J connectivity index is 1.50. The number of hydrogen-bond acceptors (Lipinski definition) is 5. The molecule has 5 rings (SSSR count). The van der Waals surface area contributed by atoms with E-state index in [9.17, 15) is 14.4 Å². The van der Waals surface area contributed by atoms with Gasteiger partial charge in [0, 0.05) is 27.4 Å². The molecule has 0 saturated carbocycles. The predicted molar refractivity (Wildman–Crippen MR) is 125 cm³/mol. The van der Waals surface area contributed by atoms with E-state index >= 15 is 0 Å². The van der Waals surface area contributed by atoms with Crippen molar-refractivity contribution in [2.45, 2.75) is 16.7 Å². The third-order valence-corrected chi connectivity index (χ3v) is 6.42. The molecular weight excluding hydrogens is 424 g/mol. The zero-order valence-corrected chi connectivity index (χ0v) is 17.9. The van der Waals surface area contributed by atoms with Crippen molar-refractivity contribution < 1.29 is 14.0 Å². The summed E-state index contributed by atoms with van der Waals surface area (Å²) in [6, 6.07) is 21.4. The molecule has 2 heterocycles. The van der Waals surface area contributed by atoms with Crippen molar-refractivity contribution >= 4 is 45.9 Å². The molecule has 3 aromatic carbocycles. The molecule has 2 amide bonds. The number of benzene rings is 3. The van der Waals surface area contributed by atoms with Gasteiger partial charge in [0.15, 0.2) is 0 Å². The summed E-state index contributed by atoms with van der Waals surface area (Å²) in [6.07, 6.45) is 0. The van der Waals surface area contributed by atoms with Gasteiger partial charge in [-0.2, -0.15) is 0 Å². The van der Waals surface area contributed by atoms with Crippen molar-refractivity contribution in [3.8, 4) is 0 Å². The second-order valence-electron chi connectivity index (χ2n) is 7.27. The fraction of sp³-hybridized carbons (Fsp3) is 0.0800. The molecule has 0 saturated heterocycles. The minimum Gasteiger partial charge on any atom is -0.422 e. The van der Waals surface area contributed by atoms with E-state index in [2.05, 4.69) is 5.32 Å². The topological polar surface area (TPSA) is 79.6 Å². The number of hydrogen-bond donors (Lipinski definition) is 1. The Morgan fingerprint density at radius 1 is 0.969 bits per heavy atom. The van der Waals surface area contributed by atoms with Crippen molar-refractivity contribution in [3.05, 3.63) is 94.3 Å². The van der Waals surface area contributed by atoms with Crippen LogP contribution in [-0.2, 0) is 0 Å². The van der Waals surface area contributed by atoms with Gasteiger partial charge in [-0.25, -0.2) is 4.79 Å². The summed E-state index contributed by atoms with van der Waals surface area (Å²) in [7, 11) is 0. The third-order valence-electron chi connectivity index (χ3n) is 5.29. The van der Waals surface area contributed by atoms with Gasteiger partial charge in [-0.3, -0.25) is 9.59 Å². The first kappa shape index (κ1) is 20.1. The molecule has 0 fully saturated rings. The number of anilines is 2. The lowest BCUT2D eigenvalue weighted by Gasteiger charge is -2.21. The van der Waals surface area contributed by atoms with E-state index in [1.165, 1.54) is 17.8 Å². The summed E-state index contributed by atoms with van der Waals surface area (Å²) in [5.74, 6) is -0.605. The second kappa shape index (κ2) is 8.01. The lowest BCUT2D eigenvalue weighted by atomic mass is 10.1. The Kier molecular flexibility index (Phi) is 5.03. The highest BCUT2D eigenvalue weighted by Gasteiger charge is 2.26. The van der Waals surface area contributed by atoms with Crippen LogP contribution in [0.5, 0.6) is 0 Å². The molecule has 1 aliphatic heterocycles.